The largest absolute Gasteiger partial charge is 0.395 e. The molecule has 0 fully saturated rings. The molecule has 0 aliphatic carbocycles. The van der Waals surface area contributed by atoms with E-state index in [-0.39, 0.29) is 148 Å². The summed E-state index contributed by atoms with van der Waals surface area (Å²) in [5, 5.41) is 80.2. The van der Waals surface area contributed by atoms with Gasteiger partial charge in [-0.25, -0.2) is 0 Å². The Bertz CT molecular complexity index is 3520. The van der Waals surface area contributed by atoms with E-state index in [9.17, 15) is 72.6 Å². The first-order valence-electron chi connectivity index (χ1n) is 26.0. The van der Waals surface area contributed by atoms with E-state index in [1.165, 1.54) is 58.3 Å². The monoisotopic (exact) mass is 1340 g/mol. The second-order valence-corrected chi connectivity index (χ2v) is 22.8. The molecule has 0 amide bonds. The number of anilines is 10. The number of aliphatic hydroxyl groups excluding tert-OH is 6. The molecule has 0 saturated carbocycles. The zero-order chi connectivity index (χ0) is 67.5. The van der Waals surface area contributed by atoms with Gasteiger partial charge < -0.3 is 84.6 Å². The summed E-state index contributed by atoms with van der Waals surface area (Å²) in [6, 6.07) is 20.8. The minimum absolute atomic E-state index is 0.00387. The summed E-state index contributed by atoms with van der Waals surface area (Å²) in [5.41, 5.74) is 19.2. The van der Waals surface area contributed by atoms with E-state index in [1.54, 1.807) is 0 Å². The predicted octanol–water partition coefficient (Wildman–Crippen LogP) is -0.637. The summed E-state index contributed by atoms with van der Waals surface area (Å²) >= 11 is 0. The molecule has 22 N–H and O–H groups in total. The third kappa shape index (κ3) is 28.0. The Kier molecular flexibility index (Phi) is 34.2. The van der Waals surface area contributed by atoms with E-state index in [4.69, 9.17) is 43.4 Å². The van der Waals surface area contributed by atoms with Gasteiger partial charge >= 0.3 is 0 Å². The fourth-order valence-electron chi connectivity index (χ4n) is 6.53. The lowest BCUT2D eigenvalue weighted by Crippen LogP contribution is -2.30. The number of nitrogens with zero attached hydrogens (tertiary/aromatic N) is 10. The zero-order valence-corrected chi connectivity index (χ0v) is 51.0. The third-order valence-electron chi connectivity index (χ3n) is 10.4. The van der Waals surface area contributed by atoms with Crippen LogP contribution in [-0.2, 0) is 40.5 Å². The maximum atomic E-state index is 12.8. The molecule has 40 heteroatoms. The van der Waals surface area contributed by atoms with E-state index in [0.29, 0.717) is 26.2 Å². The van der Waals surface area contributed by atoms with Crippen LogP contribution in [0, 0.1) is 22.7 Å². The van der Waals surface area contributed by atoms with Crippen LogP contribution in [0.3, 0.4) is 0 Å². The highest BCUT2D eigenvalue weighted by atomic mass is 32.2. The molecular formula is C50H70N18O18S4. The molecule has 0 atom stereocenters. The van der Waals surface area contributed by atoms with Gasteiger partial charge in [0, 0.05) is 75.1 Å². The Morgan fingerprint density at radius 2 is 0.667 bits per heavy atom. The molecule has 2 aromatic heterocycles. The topological polar surface area (TPSA) is 622 Å². The van der Waals surface area contributed by atoms with Crippen molar-refractivity contribution in [2.24, 2.45) is 22.9 Å². The number of nitrogens with two attached hydrogens (primary N) is 4. The lowest BCUT2D eigenvalue weighted by atomic mass is 10.1. The number of hydrogen-bond acceptors (Lipinski definition) is 32. The van der Waals surface area contributed by atoms with Gasteiger partial charge in [0.15, 0.2) is 0 Å². The van der Waals surface area contributed by atoms with Gasteiger partial charge in [-0.05, 0) is 83.9 Å². The number of benzene rings is 4. The van der Waals surface area contributed by atoms with E-state index in [2.05, 4.69) is 51.2 Å². The molecule has 0 bridgehead atoms. The van der Waals surface area contributed by atoms with Crippen LogP contribution in [0.15, 0.2) is 105 Å². The minimum atomic E-state index is -5.04. The molecule has 0 aliphatic rings. The minimum Gasteiger partial charge on any atom is -0.395 e. The van der Waals surface area contributed by atoms with Crippen molar-refractivity contribution in [3.8, 4) is 12.1 Å². The van der Waals surface area contributed by atoms with Crippen LogP contribution in [-0.4, -0.2) is 204 Å². The van der Waals surface area contributed by atoms with Gasteiger partial charge in [0.25, 0.3) is 40.5 Å². The summed E-state index contributed by atoms with van der Waals surface area (Å²) in [4.78, 5) is 26.7. The molecule has 4 aromatic carbocycles. The molecule has 0 spiro atoms. The number of hydrogen-bond donors (Lipinski definition) is 18. The Morgan fingerprint density at radius 1 is 0.400 bits per heavy atom. The number of nitrogens with one attached hydrogen (secondary N) is 4. The standard InChI is InChI=1S/C42H42N14O14S4.4C2H7NO/c43-17-1-19-55(21-23-57)41-51-37(45-29-9-13-33(14-10-29)71(59,60)61)49-39(53-41)47-31-7-5-27(35(25-31)73(65,66)67)3-4-28-6-8-32(26-36(28)74(68,69)70)48-40-50-38(46-30-11-15-34(16-12-30)72(62,63)64)52-42(54-40)56(22-24-58)20-2-18-44;4*3-1-2-4/h3-16,25-26,57-58H,1-2,19-24H2,(H,59,60,61)(H,62,63,64)(H,65,66,67)(H,68,69,70)(H2,45,47,49,51,53)(H2,46,48,50,52,54);4*4H,1-3H2/b4-3+;;;;. The Balaban J connectivity index is 0.00000154. The van der Waals surface area contributed by atoms with Crippen molar-refractivity contribution in [3.63, 3.8) is 0 Å². The summed E-state index contributed by atoms with van der Waals surface area (Å²) in [6.45, 7) is 1.21. The van der Waals surface area contributed by atoms with Crippen LogP contribution in [0.25, 0.3) is 12.2 Å². The average Bonchev–Trinajstić information content (AvgIpc) is 1.17. The Hall–Kier alpha value is -8.34. The van der Waals surface area contributed by atoms with E-state index in [1.807, 2.05) is 12.1 Å². The molecule has 0 unspecified atom stereocenters. The fourth-order valence-corrected chi connectivity index (χ4v) is 8.91. The molecular weight excluding hydrogens is 1270 g/mol. The quantitative estimate of drug-likeness (QED) is 0.0215. The van der Waals surface area contributed by atoms with Crippen molar-refractivity contribution in [2.45, 2.75) is 32.4 Å². The van der Waals surface area contributed by atoms with Gasteiger partial charge in [-0.2, -0.15) is 74.1 Å². The highest BCUT2D eigenvalue weighted by molar-refractivity contribution is 7.86. The van der Waals surface area contributed by atoms with Crippen LogP contribution < -0.4 is 54.0 Å². The van der Waals surface area contributed by atoms with Gasteiger partial charge in [-0.15, -0.1) is 0 Å². The molecule has 36 nitrogen and oxygen atoms in total. The predicted molar refractivity (Wildman–Crippen MR) is 330 cm³/mol. The van der Waals surface area contributed by atoms with Crippen LogP contribution in [0.1, 0.15) is 24.0 Å². The van der Waals surface area contributed by atoms with E-state index < -0.39 is 60.1 Å². The van der Waals surface area contributed by atoms with E-state index >= 15 is 0 Å². The summed E-state index contributed by atoms with van der Waals surface area (Å²) < 4.78 is 137. The Morgan fingerprint density at radius 3 is 0.900 bits per heavy atom. The average molecular weight is 1340 g/mol. The maximum Gasteiger partial charge on any atom is 0.295 e. The summed E-state index contributed by atoms with van der Waals surface area (Å²) in [6.07, 6.45) is 2.27. The molecule has 90 heavy (non-hydrogen) atoms. The lowest BCUT2D eigenvalue weighted by Gasteiger charge is -2.21. The number of rotatable bonds is 28. The lowest BCUT2D eigenvalue weighted by molar-refractivity contribution is 0.301. The third-order valence-corrected chi connectivity index (χ3v) is 14.0. The fraction of sp³-hybridized carbons (Fsp3) is 0.320. The first-order chi connectivity index (χ1) is 42.6. The van der Waals surface area contributed by atoms with Crippen molar-refractivity contribution in [1.82, 2.24) is 29.9 Å². The van der Waals surface area contributed by atoms with Gasteiger partial charge in [0.05, 0.1) is 74.4 Å². The highest BCUT2D eigenvalue weighted by Gasteiger charge is 2.22. The molecule has 0 saturated heterocycles. The molecule has 492 valence electrons. The normalized spacial score (nSPS) is 11.1. The van der Waals surface area contributed by atoms with Gasteiger partial charge in [0.1, 0.15) is 9.79 Å². The molecule has 6 aromatic rings. The smallest absolute Gasteiger partial charge is 0.295 e. The highest BCUT2D eigenvalue weighted by Crippen LogP contribution is 2.30. The second-order valence-electron chi connectivity index (χ2n) is 17.1. The van der Waals surface area contributed by atoms with Crippen LogP contribution in [0.5, 0.6) is 0 Å². The van der Waals surface area contributed by atoms with Gasteiger partial charge in [-0.3, -0.25) is 18.2 Å². The SMILES string of the molecule is N#CCCN(CCO)c1nc(Nc2ccc(S(=O)(=O)O)cc2)nc(Nc2ccc(/C=C/c3ccc(Nc4nc(Nc5ccc(S(=O)(=O)O)cc5)nc(N(CCO)CCC#N)n4)cc3S(=O)(=O)O)c(S(=O)(=O)O)c2)n1.NCCO.NCCO.NCCO.NCCO. The maximum absolute atomic E-state index is 12.8. The van der Waals surface area contributed by atoms with Crippen LogP contribution in [0.2, 0.25) is 0 Å². The first-order valence-corrected chi connectivity index (χ1v) is 31.7. The van der Waals surface area contributed by atoms with Gasteiger partial charge in [-0.1, -0.05) is 24.3 Å². The number of nitriles is 2. The van der Waals surface area contributed by atoms with Crippen molar-refractivity contribution in [3.05, 3.63) is 96.1 Å². The second kappa shape index (κ2) is 39.6. The van der Waals surface area contributed by atoms with Gasteiger partial charge in [0.2, 0.25) is 35.7 Å². The molecule has 0 radical (unpaired) electrons. The van der Waals surface area contributed by atoms with Crippen molar-refractivity contribution >= 4 is 111 Å². The first kappa shape index (κ1) is 77.8. The van der Waals surface area contributed by atoms with E-state index in [0.717, 1.165) is 48.6 Å². The molecule has 6 rings (SSSR count). The number of aliphatic hydroxyl groups is 6. The summed E-state index contributed by atoms with van der Waals surface area (Å²) in [5.74, 6) is -0.867. The van der Waals surface area contributed by atoms with Crippen molar-refractivity contribution in [1.29, 1.82) is 10.5 Å². The van der Waals surface area contributed by atoms with Crippen molar-refractivity contribution < 1.29 is 82.5 Å². The summed E-state index contributed by atoms with van der Waals surface area (Å²) in [7, 11) is -19.1. The van der Waals surface area contributed by atoms with Crippen LogP contribution >= 0.6 is 0 Å². The Labute approximate surface area is 518 Å². The molecule has 0 aliphatic heterocycles. The zero-order valence-electron chi connectivity index (χ0n) is 47.7. The van der Waals surface area contributed by atoms with Crippen LogP contribution in [0.4, 0.5) is 58.4 Å². The van der Waals surface area contributed by atoms with Crippen molar-refractivity contribution in [2.75, 3.05) is 123 Å². The molecule has 2 heterocycles. The number of aromatic nitrogens is 6.